The summed E-state index contributed by atoms with van der Waals surface area (Å²) in [6.07, 6.45) is 2.97. The summed E-state index contributed by atoms with van der Waals surface area (Å²) in [5.41, 5.74) is 1.62. The molecule has 1 atom stereocenters. The second-order valence-corrected chi connectivity index (χ2v) is 9.32. The summed E-state index contributed by atoms with van der Waals surface area (Å²) in [6.45, 7) is 4.77. The maximum atomic E-state index is 13.1. The maximum Gasteiger partial charge on any atom is 0.265 e. The van der Waals surface area contributed by atoms with Crippen LogP contribution in [0.4, 0.5) is 5.69 Å². The van der Waals surface area contributed by atoms with Crippen LogP contribution in [0, 0.1) is 5.92 Å². The summed E-state index contributed by atoms with van der Waals surface area (Å²) in [5.74, 6) is 0.768. The van der Waals surface area contributed by atoms with E-state index in [9.17, 15) is 9.59 Å². The predicted octanol–water partition coefficient (Wildman–Crippen LogP) is 2.95. The fourth-order valence-electron chi connectivity index (χ4n) is 3.83. The van der Waals surface area contributed by atoms with E-state index < -0.39 is 4.87 Å². The van der Waals surface area contributed by atoms with Crippen LogP contribution < -0.4 is 10.1 Å². The third-order valence-electron chi connectivity index (χ3n) is 5.21. The molecule has 1 aromatic rings. The van der Waals surface area contributed by atoms with Crippen molar-refractivity contribution in [3.8, 4) is 5.75 Å². The first-order valence-corrected chi connectivity index (χ1v) is 9.21. The van der Waals surface area contributed by atoms with Gasteiger partial charge in [-0.1, -0.05) is 6.42 Å². The number of carbonyl (C=O) groups excluding carboxylic acids is 2. The van der Waals surface area contributed by atoms with E-state index in [-0.39, 0.29) is 22.5 Å². The Labute approximate surface area is 146 Å². The number of ether oxygens (including phenoxy) is 1. The number of nitrogens with one attached hydrogen (secondary N) is 1. The standard InChI is InChI=1S/C18H22N2O3S/c1-17(2)10-20(15(21)11-5-4-6-11)18(24-17)13-9-12(23-3)7-8-14(13)19-16(18)22/h7-9,11H,4-6,10H2,1-3H3,(H,19,22). The molecule has 1 N–H and O–H groups in total. The highest BCUT2D eigenvalue weighted by molar-refractivity contribution is 8.02. The van der Waals surface area contributed by atoms with E-state index in [0.29, 0.717) is 12.3 Å². The first-order valence-electron chi connectivity index (χ1n) is 8.39. The van der Waals surface area contributed by atoms with Crippen molar-refractivity contribution in [3.63, 3.8) is 0 Å². The molecule has 0 radical (unpaired) electrons. The Balaban J connectivity index is 1.84. The lowest BCUT2D eigenvalue weighted by atomic mass is 9.83. The zero-order valence-electron chi connectivity index (χ0n) is 14.2. The molecule has 24 heavy (non-hydrogen) atoms. The molecule has 2 fully saturated rings. The van der Waals surface area contributed by atoms with Gasteiger partial charge >= 0.3 is 0 Å². The van der Waals surface area contributed by atoms with E-state index >= 15 is 0 Å². The number of nitrogens with zero attached hydrogens (tertiary/aromatic N) is 1. The van der Waals surface area contributed by atoms with Gasteiger partial charge < -0.3 is 15.0 Å². The zero-order chi connectivity index (χ0) is 17.1. The molecule has 128 valence electrons. The lowest BCUT2D eigenvalue weighted by Gasteiger charge is -2.37. The fraction of sp³-hybridized carbons (Fsp3) is 0.556. The Morgan fingerprint density at radius 3 is 2.75 bits per heavy atom. The van der Waals surface area contributed by atoms with Gasteiger partial charge in [-0.25, -0.2) is 0 Å². The van der Waals surface area contributed by atoms with Crippen LogP contribution in [0.25, 0.3) is 0 Å². The SMILES string of the molecule is COc1ccc2c(c1)C1(SC(C)(C)CN1C(=O)C1CCC1)C(=O)N2. The number of benzene rings is 1. The maximum absolute atomic E-state index is 13.1. The lowest BCUT2D eigenvalue weighted by Crippen LogP contribution is -2.51. The van der Waals surface area contributed by atoms with Gasteiger partial charge in [-0.05, 0) is 44.9 Å². The molecule has 6 heteroatoms. The van der Waals surface area contributed by atoms with Crippen molar-refractivity contribution in [1.82, 2.24) is 4.90 Å². The average molecular weight is 346 g/mol. The summed E-state index contributed by atoms with van der Waals surface area (Å²) in [5, 5.41) is 2.97. The molecule has 1 spiro atoms. The molecular weight excluding hydrogens is 324 g/mol. The highest BCUT2D eigenvalue weighted by Gasteiger charge is 2.62. The summed E-state index contributed by atoms with van der Waals surface area (Å²) >= 11 is 1.57. The molecule has 0 aromatic heterocycles. The smallest absolute Gasteiger partial charge is 0.265 e. The number of carbonyl (C=O) groups is 2. The van der Waals surface area contributed by atoms with Gasteiger partial charge in [0.2, 0.25) is 5.91 Å². The van der Waals surface area contributed by atoms with Crippen LogP contribution in [0.3, 0.4) is 0 Å². The summed E-state index contributed by atoms with van der Waals surface area (Å²) < 4.78 is 5.17. The molecule has 1 unspecified atom stereocenters. The first-order chi connectivity index (χ1) is 11.4. The van der Waals surface area contributed by atoms with E-state index in [2.05, 4.69) is 19.2 Å². The first kappa shape index (κ1) is 15.8. The van der Waals surface area contributed by atoms with Gasteiger partial charge in [-0.15, -0.1) is 11.8 Å². The minimum absolute atomic E-state index is 0.0684. The highest BCUT2D eigenvalue weighted by atomic mass is 32.2. The van der Waals surface area contributed by atoms with Crippen molar-refractivity contribution in [2.75, 3.05) is 19.0 Å². The van der Waals surface area contributed by atoms with Crippen molar-refractivity contribution in [1.29, 1.82) is 0 Å². The molecule has 2 heterocycles. The molecule has 1 saturated carbocycles. The van der Waals surface area contributed by atoms with E-state index in [1.807, 2.05) is 23.1 Å². The van der Waals surface area contributed by atoms with E-state index in [1.54, 1.807) is 18.9 Å². The highest BCUT2D eigenvalue weighted by Crippen LogP contribution is 2.59. The molecule has 1 saturated heterocycles. The molecule has 3 aliphatic rings. The van der Waals surface area contributed by atoms with Crippen molar-refractivity contribution >= 4 is 29.3 Å². The van der Waals surface area contributed by atoms with E-state index in [0.717, 1.165) is 30.5 Å². The second-order valence-electron chi connectivity index (χ2n) is 7.42. The third kappa shape index (κ3) is 2.08. The number of thioether (sulfide) groups is 1. The molecular formula is C18H22N2O3S. The largest absolute Gasteiger partial charge is 0.497 e. The van der Waals surface area contributed by atoms with Crippen LogP contribution in [0.1, 0.15) is 38.7 Å². The van der Waals surface area contributed by atoms with Crippen LogP contribution in [0.15, 0.2) is 18.2 Å². The van der Waals surface area contributed by atoms with Crippen molar-refractivity contribution in [2.45, 2.75) is 42.7 Å². The van der Waals surface area contributed by atoms with Crippen LogP contribution >= 0.6 is 11.8 Å². The number of fused-ring (bicyclic) bond motifs is 2. The number of anilines is 1. The quantitative estimate of drug-likeness (QED) is 0.894. The van der Waals surface area contributed by atoms with Crippen LogP contribution in [-0.4, -0.2) is 35.1 Å². The molecule has 4 rings (SSSR count). The van der Waals surface area contributed by atoms with Crippen LogP contribution in [0.2, 0.25) is 0 Å². The van der Waals surface area contributed by atoms with Gasteiger partial charge in [-0.2, -0.15) is 0 Å². The van der Waals surface area contributed by atoms with Gasteiger partial charge in [0.25, 0.3) is 5.91 Å². The fourth-order valence-corrected chi connectivity index (χ4v) is 5.51. The van der Waals surface area contributed by atoms with E-state index in [1.165, 1.54) is 0 Å². The average Bonchev–Trinajstić information content (AvgIpc) is 2.92. The minimum atomic E-state index is -0.972. The van der Waals surface area contributed by atoms with Crippen LogP contribution in [-0.2, 0) is 14.5 Å². The number of amides is 2. The number of hydrogen-bond acceptors (Lipinski definition) is 4. The molecule has 5 nitrogen and oxygen atoms in total. The monoisotopic (exact) mass is 346 g/mol. The summed E-state index contributed by atoms with van der Waals surface area (Å²) in [7, 11) is 1.61. The molecule has 2 aliphatic heterocycles. The third-order valence-corrected chi connectivity index (χ3v) is 6.81. The second kappa shape index (κ2) is 5.15. The van der Waals surface area contributed by atoms with Gasteiger partial charge in [0.05, 0.1) is 7.11 Å². The number of hydrogen-bond donors (Lipinski definition) is 1. The lowest BCUT2D eigenvalue weighted by molar-refractivity contribution is -0.145. The zero-order valence-corrected chi connectivity index (χ0v) is 15.0. The Hall–Kier alpha value is -1.69. The molecule has 1 aliphatic carbocycles. The Morgan fingerprint density at radius 2 is 2.12 bits per heavy atom. The normalized spacial score (nSPS) is 27.8. The Bertz CT molecular complexity index is 729. The van der Waals surface area contributed by atoms with E-state index in [4.69, 9.17) is 4.74 Å². The van der Waals surface area contributed by atoms with Gasteiger partial charge in [0, 0.05) is 28.5 Å². The Kier molecular flexibility index (Phi) is 3.39. The van der Waals surface area contributed by atoms with Crippen molar-refractivity contribution in [3.05, 3.63) is 23.8 Å². The predicted molar refractivity (Wildman–Crippen MR) is 94.0 cm³/mol. The number of methoxy groups -OCH3 is 1. The van der Waals surface area contributed by atoms with Gasteiger partial charge in [0.15, 0.2) is 4.87 Å². The molecule has 2 amide bonds. The Morgan fingerprint density at radius 1 is 1.38 bits per heavy atom. The van der Waals surface area contributed by atoms with Crippen molar-refractivity contribution in [2.24, 2.45) is 5.92 Å². The minimum Gasteiger partial charge on any atom is -0.497 e. The topological polar surface area (TPSA) is 58.6 Å². The van der Waals surface area contributed by atoms with Crippen LogP contribution in [0.5, 0.6) is 5.75 Å². The molecule has 0 bridgehead atoms. The summed E-state index contributed by atoms with van der Waals surface area (Å²) in [6, 6.07) is 5.59. The van der Waals surface area contributed by atoms with Gasteiger partial charge in [-0.3, -0.25) is 9.59 Å². The number of rotatable bonds is 2. The summed E-state index contributed by atoms with van der Waals surface area (Å²) in [4.78, 5) is 27.0. The van der Waals surface area contributed by atoms with Crippen molar-refractivity contribution < 1.29 is 14.3 Å². The van der Waals surface area contributed by atoms with Gasteiger partial charge in [0.1, 0.15) is 5.75 Å². The molecule has 1 aromatic carbocycles.